The summed E-state index contributed by atoms with van der Waals surface area (Å²) in [5.74, 6) is 0. The van der Waals surface area contributed by atoms with Gasteiger partial charge in [0.25, 0.3) is 0 Å². The highest BCUT2D eigenvalue weighted by Gasteiger charge is 2.31. The predicted molar refractivity (Wildman–Crippen MR) is 63.4 cm³/mol. The summed E-state index contributed by atoms with van der Waals surface area (Å²) in [5, 5.41) is 0.144. The molecule has 0 amide bonds. The Balaban J connectivity index is 2.42. The fourth-order valence-electron chi connectivity index (χ4n) is 1.56. The van der Waals surface area contributed by atoms with Gasteiger partial charge in [0.2, 0.25) is 0 Å². The van der Waals surface area contributed by atoms with E-state index in [2.05, 4.69) is 20.8 Å². The van der Waals surface area contributed by atoms with Crippen molar-refractivity contribution in [3.8, 4) is 0 Å². The lowest BCUT2D eigenvalue weighted by atomic mass is 10.3. The van der Waals surface area contributed by atoms with Crippen LogP contribution in [0.5, 0.6) is 0 Å². The first kappa shape index (κ1) is 10.5. The topological polar surface area (TPSA) is 26.3 Å². The second-order valence-electron chi connectivity index (χ2n) is 4.41. The van der Waals surface area contributed by atoms with Crippen LogP contribution in [-0.4, -0.2) is 5.16 Å². The molecule has 2 aromatic heterocycles. The van der Waals surface area contributed by atoms with E-state index in [1.807, 2.05) is 24.3 Å². The van der Waals surface area contributed by atoms with Crippen molar-refractivity contribution in [2.75, 3.05) is 0 Å². The lowest BCUT2D eigenvalue weighted by Gasteiger charge is -2.27. The fourth-order valence-corrected chi connectivity index (χ4v) is 3.91. The highest BCUT2D eigenvalue weighted by Crippen LogP contribution is 2.47. The average Bonchev–Trinajstić information content (AvgIpc) is 2.73. The van der Waals surface area contributed by atoms with Gasteiger partial charge in [-0.2, -0.15) is 0 Å². The van der Waals surface area contributed by atoms with E-state index in [1.165, 1.54) is 0 Å². The Hall–Kier alpha value is -1.01. The van der Waals surface area contributed by atoms with Gasteiger partial charge in [0, 0.05) is 7.92 Å². The van der Waals surface area contributed by atoms with Crippen molar-refractivity contribution in [1.29, 1.82) is 0 Å². The molecule has 80 valence electrons. The first-order valence-corrected chi connectivity index (χ1v) is 6.30. The smallest absolute Gasteiger partial charge is 0.133 e. The minimum absolute atomic E-state index is 0.144. The summed E-state index contributed by atoms with van der Waals surface area (Å²) >= 11 is 0. The molecule has 0 N–H and O–H groups in total. The largest absolute Gasteiger partial charge is 0.464 e. The number of rotatable bonds is 2. The third kappa shape index (κ3) is 2.15. The van der Waals surface area contributed by atoms with Gasteiger partial charge in [-0.3, -0.25) is 0 Å². The van der Waals surface area contributed by atoms with E-state index in [1.54, 1.807) is 12.5 Å². The number of hydrogen-bond acceptors (Lipinski definition) is 2. The van der Waals surface area contributed by atoms with E-state index in [9.17, 15) is 0 Å². The van der Waals surface area contributed by atoms with Crippen molar-refractivity contribution in [2.45, 2.75) is 25.9 Å². The number of hydrogen-bond donors (Lipinski definition) is 0. The van der Waals surface area contributed by atoms with Crippen LogP contribution in [0.25, 0.3) is 0 Å². The summed E-state index contributed by atoms with van der Waals surface area (Å²) in [7, 11) is -0.551. The van der Waals surface area contributed by atoms with Crippen molar-refractivity contribution in [1.82, 2.24) is 0 Å². The lowest BCUT2D eigenvalue weighted by Crippen LogP contribution is -2.24. The zero-order valence-corrected chi connectivity index (χ0v) is 10.1. The molecule has 15 heavy (non-hydrogen) atoms. The lowest BCUT2D eigenvalue weighted by molar-refractivity contribution is 0.587. The van der Waals surface area contributed by atoms with Crippen LogP contribution in [0.1, 0.15) is 20.8 Å². The van der Waals surface area contributed by atoms with Crippen molar-refractivity contribution >= 4 is 18.9 Å². The van der Waals surface area contributed by atoms with E-state index in [0.29, 0.717) is 0 Å². The second kappa shape index (κ2) is 3.86. The second-order valence-corrected chi connectivity index (χ2v) is 7.30. The zero-order chi connectivity index (χ0) is 10.9. The minimum Gasteiger partial charge on any atom is -0.464 e. The Morgan fingerprint density at radius 1 is 0.933 bits per heavy atom. The van der Waals surface area contributed by atoms with Crippen LogP contribution in [0.4, 0.5) is 0 Å². The molecule has 0 radical (unpaired) electrons. The minimum atomic E-state index is -0.551. The summed E-state index contributed by atoms with van der Waals surface area (Å²) in [6, 6.07) is 7.91. The summed E-state index contributed by atoms with van der Waals surface area (Å²) in [5.41, 5.74) is 2.04. The van der Waals surface area contributed by atoms with Crippen LogP contribution in [0.15, 0.2) is 45.6 Å². The molecule has 0 bridgehead atoms. The molecule has 2 rings (SSSR count). The first-order valence-electron chi connectivity index (χ1n) is 4.96. The van der Waals surface area contributed by atoms with E-state index in [-0.39, 0.29) is 5.16 Å². The van der Waals surface area contributed by atoms with Crippen molar-refractivity contribution in [3.05, 3.63) is 36.8 Å². The van der Waals surface area contributed by atoms with Crippen molar-refractivity contribution < 1.29 is 8.83 Å². The Morgan fingerprint density at radius 3 is 1.67 bits per heavy atom. The van der Waals surface area contributed by atoms with E-state index in [0.717, 1.165) is 11.0 Å². The summed E-state index contributed by atoms with van der Waals surface area (Å²) < 4.78 is 11.0. The maximum atomic E-state index is 5.51. The van der Waals surface area contributed by atoms with Crippen molar-refractivity contribution in [2.24, 2.45) is 0 Å². The van der Waals surface area contributed by atoms with Gasteiger partial charge in [-0.25, -0.2) is 0 Å². The monoisotopic (exact) mass is 222 g/mol. The summed E-state index contributed by atoms with van der Waals surface area (Å²) in [4.78, 5) is 0. The third-order valence-corrected chi connectivity index (χ3v) is 4.86. The Kier molecular flexibility index (Phi) is 2.70. The molecule has 0 aromatic carbocycles. The molecule has 2 aromatic rings. The van der Waals surface area contributed by atoms with Crippen LogP contribution >= 0.6 is 7.92 Å². The highest BCUT2D eigenvalue weighted by atomic mass is 31.1. The molecule has 2 heterocycles. The Bertz CT molecular complexity index is 361. The Labute approximate surface area is 91.0 Å². The van der Waals surface area contributed by atoms with Crippen molar-refractivity contribution in [3.63, 3.8) is 0 Å². The molecular formula is C12H15O2P. The molecule has 0 aliphatic carbocycles. The fraction of sp³-hybridized carbons (Fsp3) is 0.333. The number of furan rings is 2. The quantitative estimate of drug-likeness (QED) is 0.730. The molecule has 0 aliphatic rings. The highest BCUT2D eigenvalue weighted by molar-refractivity contribution is 7.73. The molecule has 0 fully saturated rings. The molecule has 3 heteroatoms. The van der Waals surface area contributed by atoms with Gasteiger partial charge in [0.05, 0.1) is 12.5 Å². The van der Waals surface area contributed by atoms with E-state index in [4.69, 9.17) is 8.83 Å². The molecule has 0 saturated heterocycles. The molecule has 0 unspecified atom stereocenters. The van der Waals surface area contributed by atoms with E-state index < -0.39 is 7.92 Å². The van der Waals surface area contributed by atoms with Gasteiger partial charge >= 0.3 is 0 Å². The normalized spacial score (nSPS) is 12.3. The van der Waals surface area contributed by atoms with Gasteiger partial charge in [-0.15, -0.1) is 0 Å². The molecular weight excluding hydrogens is 207 g/mol. The standard InChI is InChI=1S/C12H15O2P/c1-12(2,3)15(10-6-4-8-13-10)11-7-5-9-14-11/h4-9H,1-3H3. The molecule has 0 aliphatic heterocycles. The summed E-state index contributed by atoms with van der Waals surface area (Å²) in [6.45, 7) is 6.64. The zero-order valence-electron chi connectivity index (χ0n) is 9.23. The molecule has 0 atom stereocenters. The van der Waals surface area contributed by atoms with Gasteiger partial charge in [-0.1, -0.05) is 20.8 Å². The maximum Gasteiger partial charge on any atom is 0.133 e. The summed E-state index contributed by atoms with van der Waals surface area (Å²) in [6.07, 6.45) is 3.44. The van der Waals surface area contributed by atoms with Crippen LogP contribution in [-0.2, 0) is 0 Å². The molecule has 0 saturated carbocycles. The predicted octanol–water partition coefficient (Wildman–Crippen LogP) is 3.10. The van der Waals surface area contributed by atoms with Crippen LogP contribution in [0.3, 0.4) is 0 Å². The van der Waals surface area contributed by atoms with Gasteiger partial charge in [-0.05, 0) is 29.4 Å². The van der Waals surface area contributed by atoms with Crippen LogP contribution in [0.2, 0.25) is 0 Å². The SMILES string of the molecule is CC(C)(C)P(c1ccco1)c1ccco1. The van der Waals surface area contributed by atoms with Gasteiger partial charge < -0.3 is 8.83 Å². The maximum absolute atomic E-state index is 5.51. The van der Waals surface area contributed by atoms with Crippen LogP contribution in [0, 0.1) is 0 Å². The Morgan fingerprint density at radius 2 is 1.40 bits per heavy atom. The molecule has 0 spiro atoms. The molecule has 2 nitrogen and oxygen atoms in total. The van der Waals surface area contributed by atoms with Crippen LogP contribution < -0.4 is 11.0 Å². The van der Waals surface area contributed by atoms with Gasteiger partial charge in [0.15, 0.2) is 0 Å². The third-order valence-electron chi connectivity index (χ3n) is 2.12. The first-order chi connectivity index (χ1) is 7.09. The average molecular weight is 222 g/mol. The van der Waals surface area contributed by atoms with Gasteiger partial charge in [0.1, 0.15) is 11.0 Å². The van der Waals surface area contributed by atoms with E-state index >= 15 is 0 Å².